The third-order valence-electron chi connectivity index (χ3n) is 1.72. The number of rotatable bonds is 5. The Balaban J connectivity index is 0. The molecule has 0 aliphatic heterocycles. The van der Waals surface area contributed by atoms with Gasteiger partial charge in [-0.05, 0) is 18.8 Å². The maximum Gasteiger partial charge on any atom is 0.305 e. The summed E-state index contributed by atoms with van der Waals surface area (Å²) in [5, 5.41) is 0. The van der Waals surface area contributed by atoms with Crippen molar-refractivity contribution in [2.45, 2.75) is 39.2 Å². The molecule has 0 aromatic heterocycles. The largest absolute Gasteiger partial charge is 0.469 e. The highest BCUT2D eigenvalue weighted by atomic mass is 35.5. The molecule has 0 unspecified atom stereocenters. The SMILES string of the molecule is COC(=O)CC[C@@H](N)CC(C)C.Cl. The van der Waals surface area contributed by atoms with Crippen molar-refractivity contribution in [3.8, 4) is 0 Å². The van der Waals surface area contributed by atoms with E-state index in [0.717, 1.165) is 12.8 Å². The van der Waals surface area contributed by atoms with E-state index < -0.39 is 0 Å². The lowest BCUT2D eigenvalue weighted by Gasteiger charge is -2.12. The molecule has 0 rings (SSSR count). The number of methoxy groups -OCH3 is 1. The van der Waals surface area contributed by atoms with Crippen LogP contribution in [0.5, 0.6) is 0 Å². The summed E-state index contributed by atoms with van der Waals surface area (Å²) in [6, 6.07) is 0.129. The van der Waals surface area contributed by atoms with Gasteiger partial charge in [-0.25, -0.2) is 0 Å². The summed E-state index contributed by atoms with van der Waals surface area (Å²) in [5.74, 6) is 0.423. The number of nitrogens with two attached hydrogens (primary N) is 1. The predicted molar refractivity (Wildman–Crippen MR) is 55.9 cm³/mol. The molecule has 0 fully saturated rings. The van der Waals surface area contributed by atoms with Crippen LogP contribution in [0.3, 0.4) is 0 Å². The van der Waals surface area contributed by atoms with E-state index in [2.05, 4.69) is 18.6 Å². The van der Waals surface area contributed by atoms with Gasteiger partial charge >= 0.3 is 5.97 Å². The first-order chi connectivity index (χ1) is 5.56. The molecule has 0 aromatic rings. The van der Waals surface area contributed by atoms with E-state index in [1.165, 1.54) is 7.11 Å². The zero-order chi connectivity index (χ0) is 9.56. The third-order valence-corrected chi connectivity index (χ3v) is 1.72. The van der Waals surface area contributed by atoms with E-state index in [0.29, 0.717) is 12.3 Å². The number of carbonyl (C=O) groups is 1. The highest BCUT2D eigenvalue weighted by Crippen LogP contribution is 2.07. The van der Waals surface area contributed by atoms with E-state index in [-0.39, 0.29) is 24.4 Å². The van der Waals surface area contributed by atoms with Crippen molar-refractivity contribution < 1.29 is 9.53 Å². The molecule has 3 nitrogen and oxygen atoms in total. The molecule has 1 atom stereocenters. The maximum absolute atomic E-state index is 10.7. The minimum absolute atomic E-state index is 0. The van der Waals surface area contributed by atoms with Crippen molar-refractivity contribution in [2.24, 2.45) is 11.7 Å². The Labute approximate surface area is 86.4 Å². The lowest BCUT2D eigenvalue weighted by molar-refractivity contribution is -0.140. The number of halogens is 1. The topological polar surface area (TPSA) is 52.3 Å². The molecule has 0 saturated heterocycles. The first-order valence-electron chi connectivity index (χ1n) is 4.38. The standard InChI is InChI=1S/C9H19NO2.ClH/c1-7(2)6-8(10)4-5-9(11)12-3;/h7-8H,4-6,10H2,1-3H3;1H/t8-;/m1./s1. The lowest BCUT2D eigenvalue weighted by Crippen LogP contribution is -2.23. The Bertz CT molecular complexity index is 140. The van der Waals surface area contributed by atoms with Crippen LogP contribution < -0.4 is 5.73 Å². The van der Waals surface area contributed by atoms with Crippen molar-refractivity contribution in [2.75, 3.05) is 7.11 Å². The van der Waals surface area contributed by atoms with E-state index in [1.807, 2.05) is 0 Å². The second-order valence-electron chi connectivity index (χ2n) is 3.50. The molecule has 0 amide bonds. The minimum atomic E-state index is -0.172. The van der Waals surface area contributed by atoms with Gasteiger partial charge in [0.05, 0.1) is 7.11 Å². The Morgan fingerprint density at radius 1 is 1.46 bits per heavy atom. The van der Waals surface area contributed by atoms with Crippen LogP contribution in [-0.4, -0.2) is 19.1 Å². The monoisotopic (exact) mass is 209 g/mol. The van der Waals surface area contributed by atoms with Gasteiger partial charge in [0.25, 0.3) is 0 Å². The van der Waals surface area contributed by atoms with Crippen molar-refractivity contribution in [1.82, 2.24) is 0 Å². The highest BCUT2D eigenvalue weighted by molar-refractivity contribution is 5.85. The molecular formula is C9H20ClNO2. The Kier molecular flexibility index (Phi) is 9.74. The fourth-order valence-corrected chi connectivity index (χ4v) is 1.13. The van der Waals surface area contributed by atoms with Crippen molar-refractivity contribution in [3.05, 3.63) is 0 Å². The molecule has 0 aliphatic carbocycles. The normalized spacial score (nSPS) is 12.1. The van der Waals surface area contributed by atoms with Gasteiger partial charge in [0.15, 0.2) is 0 Å². The molecule has 0 heterocycles. The minimum Gasteiger partial charge on any atom is -0.469 e. The van der Waals surface area contributed by atoms with Gasteiger partial charge in [-0.1, -0.05) is 13.8 Å². The summed E-state index contributed by atoms with van der Waals surface area (Å²) in [5.41, 5.74) is 5.77. The Morgan fingerprint density at radius 3 is 2.38 bits per heavy atom. The van der Waals surface area contributed by atoms with Gasteiger partial charge in [0.1, 0.15) is 0 Å². The fourth-order valence-electron chi connectivity index (χ4n) is 1.13. The van der Waals surface area contributed by atoms with Gasteiger partial charge in [-0.3, -0.25) is 4.79 Å². The molecule has 0 spiro atoms. The summed E-state index contributed by atoms with van der Waals surface area (Å²) in [7, 11) is 1.40. The van der Waals surface area contributed by atoms with Crippen LogP contribution in [-0.2, 0) is 9.53 Å². The average molecular weight is 210 g/mol. The van der Waals surface area contributed by atoms with E-state index in [1.54, 1.807) is 0 Å². The number of esters is 1. The van der Waals surface area contributed by atoms with Gasteiger partial charge in [-0.15, -0.1) is 12.4 Å². The molecule has 0 saturated carbocycles. The zero-order valence-electron chi connectivity index (χ0n) is 8.58. The third kappa shape index (κ3) is 9.64. The van der Waals surface area contributed by atoms with Crippen LogP contribution in [0.1, 0.15) is 33.1 Å². The molecule has 2 N–H and O–H groups in total. The van der Waals surface area contributed by atoms with Crippen LogP contribution in [0.2, 0.25) is 0 Å². The summed E-state index contributed by atoms with van der Waals surface area (Å²) in [6.07, 6.45) is 2.13. The first-order valence-corrected chi connectivity index (χ1v) is 4.38. The van der Waals surface area contributed by atoms with E-state index in [4.69, 9.17) is 5.73 Å². The summed E-state index contributed by atoms with van der Waals surface area (Å²) in [4.78, 5) is 10.7. The van der Waals surface area contributed by atoms with Crippen LogP contribution in [0, 0.1) is 5.92 Å². The summed E-state index contributed by atoms with van der Waals surface area (Å²) < 4.78 is 4.51. The van der Waals surface area contributed by atoms with Crippen molar-refractivity contribution in [1.29, 1.82) is 0 Å². The number of hydrogen-bond donors (Lipinski definition) is 1. The van der Waals surface area contributed by atoms with Crippen LogP contribution in [0.25, 0.3) is 0 Å². The molecule has 0 radical (unpaired) electrons. The maximum atomic E-state index is 10.7. The predicted octanol–water partition coefficient (Wildman–Crippen LogP) is 1.73. The molecule has 0 aromatic carbocycles. The molecule has 4 heteroatoms. The first kappa shape index (κ1) is 15.2. The molecule has 0 bridgehead atoms. The average Bonchev–Trinajstić information content (AvgIpc) is 1.99. The van der Waals surface area contributed by atoms with Crippen LogP contribution in [0.4, 0.5) is 0 Å². The van der Waals surface area contributed by atoms with E-state index >= 15 is 0 Å². The summed E-state index contributed by atoms with van der Waals surface area (Å²) >= 11 is 0. The second kappa shape index (κ2) is 8.32. The molecular weight excluding hydrogens is 190 g/mol. The van der Waals surface area contributed by atoms with Gasteiger partial charge in [0.2, 0.25) is 0 Å². The number of hydrogen-bond acceptors (Lipinski definition) is 3. The lowest BCUT2D eigenvalue weighted by atomic mass is 10.0. The zero-order valence-corrected chi connectivity index (χ0v) is 9.39. The highest BCUT2D eigenvalue weighted by Gasteiger charge is 2.08. The molecule has 13 heavy (non-hydrogen) atoms. The summed E-state index contributed by atoms with van der Waals surface area (Å²) in [6.45, 7) is 4.25. The van der Waals surface area contributed by atoms with Crippen LogP contribution in [0.15, 0.2) is 0 Å². The Morgan fingerprint density at radius 2 is 2.00 bits per heavy atom. The Hall–Kier alpha value is -0.280. The van der Waals surface area contributed by atoms with Crippen molar-refractivity contribution in [3.63, 3.8) is 0 Å². The van der Waals surface area contributed by atoms with Crippen LogP contribution >= 0.6 is 12.4 Å². The molecule has 80 valence electrons. The van der Waals surface area contributed by atoms with E-state index in [9.17, 15) is 4.79 Å². The fraction of sp³-hybridized carbons (Fsp3) is 0.889. The number of ether oxygens (including phenoxy) is 1. The number of carbonyl (C=O) groups excluding carboxylic acids is 1. The quantitative estimate of drug-likeness (QED) is 0.702. The second-order valence-corrected chi connectivity index (χ2v) is 3.50. The smallest absolute Gasteiger partial charge is 0.305 e. The van der Waals surface area contributed by atoms with Gasteiger partial charge < -0.3 is 10.5 Å². The molecule has 0 aliphatic rings. The van der Waals surface area contributed by atoms with Gasteiger partial charge in [-0.2, -0.15) is 0 Å². The van der Waals surface area contributed by atoms with Gasteiger partial charge in [0, 0.05) is 12.5 Å². The van der Waals surface area contributed by atoms with Crippen molar-refractivity contribution >= 4 is 18.4 Å².